The normalized spacial score (nSPS) is 11.2. The molecule has 3 aromatic rings. The number of carboxylic acid groups (broad SMARTS) is 1. The molecule has 2 N–H and O–H groups in total. The van der Waals surface area contributed by atoms with Crippen LogP contribution in [0.5, 0.6) is 0 Å². The molecule has 1 amide bonds. The standard InChI is InChI=1S/C21H22N4O6S/c1-14-20(21(29)25(24(14)2)16-6-4-3-5-7-16)23-32(30,31)17-10-8-15(9-11-17)22-18(26)12-13-19(27)28/h3-11,23H,12-13H2,1-2H3,(H,22,26)(H,27,28)/p-1. The maximum Gasteiger partial charge on any atom is 0.296 e. The smallest absolute Gasteiger partial charge is 0.296 e. The average Bonchev–Trinajstić information content (AvgIpc) is 2.96. The summed E-state index contributed by atoms with van der Waals surface area (Å²) in [7, 11) is -2.43. The van der Waals surface area contributed by atoms with E-state index in [1.54, 1.807) is 42.9 Å². The molecule has 1 aromatic heterocycles. The van der Waals surface area contributed by atoms with Gasteiger partial charge in [-0.15, -0.1) is 0 Å². The Morgan fingerprint density at radius 3 is 2.22 bits per heavy atom. The zero-order valence-corrected chi connectivity index (χ0v) is 18.2. The van der Waals surface area contributed by atoms with E-state index >= 15 is 0 Å². The summed E-state index contributed by atoms with van der Waals surface area (Å²) >= 11 is 0. The van der Waals surface area contributed by atoms with Crippen molar-refractivity contribution < 1.29 is 23.1 Å². The highest BCUT2D eigenvalue weighted by Crippen LogP contribution is 2.20. The lowest BCUT2D eigenvalue weighted by molar-refractivity contribution is -0.305. The summed E-state index contributed by atoms with van der Waals surface area (Å²) in [5, 5.41) is 12.9. The van der Waals surface area contributed by atoms with E-state index < -0.39 is 33.9 Å². The Morgan fingerprint density at radius 2 is 1.62 bits per heavy atom. The van der Waals surface area contributed by atoms with E-state index in [1.165, 1.54) is 28.9 Å². The molecule has 0 saturated heterocycles. The van der Waals surface area contributed by atoms with E-state index in [9.17, 15) is 27.9 Å². The van der Waals surface area contributed by atoms with Crippen molar-refractivity contribution >= 4 is 33.3 Å². The predicted octanol–water partition coefficient (Wildman–Crippen LogP) is 0.754. The van der Waals surface area contributed by atoms with Gasteiger partial charge in [0.2, 0.25) is 5.91 Å². The summed E-state index contributed by atoms with van der Waals surface area (Å²) in [6.45, 7) is 1.63. The van der Waals surface area contributed by atoms with E-state index in [2.05, 4.69) is 10.0 Å². The van der Waals surface area contributed by atoms with E-state index in [0.29, 0.717) is 17.1 Å². The van der Waals surface area contributed by atoms with Gasteiger partial charge < -0.3 is 15.2 Å². The van der Waals surface area contributed by atoms with Crippen LogP contribution in [0.3, 0.4) is 0 Å². The van der Waals surface area contributed by atoms with Crippen LogP contribution in [-0.4, -0.2) is 29.7 Å². The van der Waals surface area contributed by atoms with Gasteiger partial charge in [-0.2, -0.15) is 0 Å². The lowest BCUT2D eigenvalue weighted by Gasteiger charge is -2.09. The van der Waals surface area contributed by atoms with E-state index in [-0.39, 0.29) is 17.0 Å². The topological polar surface area (TPSA) is 142 Å². The van der Waals surface area contributed by atoms with Gasteiger partial charge in [0.15, 0.2) is 0 Å². The Labute approximate surface area is 184 Å². The lowest BCUT2D eigenvalue weighted by Crippen LogP contribution is -2.24. The first-order valence-corrected chi connectivity index (χ1v) is 11.0. The fraction of sp³-hybridized carbons (Fsp3) is 0.190. The number of para-hydroxylation sites is 1. The van der Waals surface area contributed by atoms with Crippen LogP contribution in [0.15, 0.2) is 64.3 Å². The van der Waals surface area contributed by atoms with Crippen molar-refractivity contribution in [3.63, 3.8) is 0 Å². The molecular weight excluding hydrogens is 436 g/mol. The van der Waals surface area contributed by atoms with Crippen LogP contribution in [0, 0.1) is 6.92 Å². The number of nitrogens with one attached hydrogen (secondary N) is 2. The highest BCUT2D eigenvalue weighted by atomic mass is 32.2. The number of aliphatic carboxylic acids is 1. The molecule has 1 heterocycles. The van der Waals surface area contributed by atoms with E-state index in [0.717, 1.165) is 0 Å². The second-order valence-corrected chi connectivity index (χ2v) is 8.67. The van der Waals surface area contributed by atoms with Crippen molar-refractivity contribution in [1.29, 1.82) is 0 Å². The number of sulfonamides is 1. The molecule has 0 saturated carbocycles. The second kappa shape index (κ2) is 9.10. The number of rotatable bonds is 8. The predicted molar refractivity (Wildman–Crippen MR) is 116 cm³/mol. The van der Waals surface area contributed by atoms with Crippen LogP contribution in [0.4, 0.5) is 11.4 Å². The van der Waals surface area contributed by atoms with Gasteiger partial charge in [0, 0.05) is 25.1 Å². The van der Waals surface area contributed by atoms with Gasteiger partial charge in [0.25, 0.3) is 15.6 Å². The van der Waals surface area contributed by atoms with E-state index in [4.69, 9.17) is 0 Å². The number of anilines is 2. The minimum absolute atomic E-state index is 0.0731. The molecule has 0 aliphatic heterocycles. The zero-order valence-electron chi connectivity index (χ0n) is 17.4. The molecular formula is C21H21N4O6S-. The Balaban J connectivity index is 1.82. The molecule has 10 nitrogen and oxygen atoms in total. The fourth-order valence-electron chi connectivity index (χ4n) is 3.04. The third-order valence-electron chi connectivity index (χ3n) is 4.80. The van der Waals surface area contributed by atoms with Crippen LogP contribution < -0.4 is 20.7 Å². The first kappa shape index (κ1) is 22.8. The summed E-state index contributed by atoms with van der Waals surface area (Å²) in [5.74, 6) is -1.88. The van der Waals surface area contributed by atoms with Crippen LogP contribution in [0.25, 0.3) is 5.69 Å². The minimum Gasteiger partial charge on any atom is -0.550 e. The maximum absolute atomic E-state index is 12.9. The lowest BCUT2D eigenvalue weighted by atomic mass is 10.2. The Morgan fingerprint density at radius 1 is 1.00 bits per heavy atom. The SMILES string of the molecule is Cc1c(NS(=O)(=O)c2ccc(NC(=O)CCC(=O)[O-])cc2)c(=O)n(-c2ccccc2)n1C. The summed E-state index contributed by atoms with van der Waals surface area (Å²) in [6, 6.07) is 14.1. The Hall–Kier alpha value is -3.86. The number of aromatic nitrogens is 2. The number of benzene rings is 2. The van der Waals surface area contributed by atoms with Crippen LogP contribution in [0.1, 0.15) is 18.5 Å². The molecule has 0 aliphatic carbocycles. The van der Waals surface area contributed by atoms with Gasteiger partial charge in [-0.1, -0.05) is 18.2 Å². The molecule has 0 bridgehead atoms. The number of hydrogen-bond acceptors (Lipinski definition) is 6. The second-order valence-electron chi connectivity index (χ2n) is 6.99. The summed E-state index contributed by atoms with van der Waals surface area (Å²) in [5.41, 5.74) is 0.730. The van der Waals surface area contributed by atoms with Crippen LogP contribution in [-0.2, 0) is 26.7 Å². The van der Waals surface area contributed by atoms with Crippen LogP contribution >= 0.6 is 0 Å². The van der Waals surface area contributed by atoms with Gasteiger partial charge in [0.1, 0.15) is 5.69 Å². The Kier molecular flexibility index (Phi) is 6.49. The molecule has 0 atom stereocenters. The van der Waals surface area contributed by atoms with Crippen molar-refractivity contribution in [2.45, 2.75) is 24.7 Å². The first-order valence-electron chi connectivity index (χ1n) is 9.57. The first-order chi connectivity index (χ1) is 15.1. The fourth-order valence-corrected chi connectivity index (χ4v) is 4.15. The minimum atomic E-state index is -4.09. The monoisotopic (exact) mass is 457 g/mol. The molecule has 0 fully saturated rings. The third kappa shape index (κ3) is 4.89. The molecule has 0 radical (unpaired) electrons. The van der Waals surface area contributed by atoms with Gasteiger partial charge in [0.05, 0.1) is 16.3 Å². The maximum atomic E-state index is 12.9. The van der Waals surface area contributed by atoms with Crippen molar-refractivity contribution in [2.75, 3.05) is 10.0 Å². The largest absolute Gasteiger partial charge is 0.550 e. The molecule has 0 spiro atoms. The molecule has 0 aliphatic rings. The number of carboxylic acids is 1. The number of nitrogens with zero attached hydrogens (tertiary/aromatic N) is 2. The molecule has 0 unspecified atom stereocenters. The van der Waals surface area contributed by atoms with Gasteiger partial charge in [-0.25, -0.2) is 13.1 Å². The summed E-state index contributed by atoms with van der Waals surface area (Å²) in [4.78, 5) is 34.9. The molecule has 32 heavy (non-hydrogen) atoms. The van der Waals surface area contributed by atoms with Crippen molar-refractivity contribution in [2.24, 2.45) is 7.05 Å². The number of hydrogen-bond donors (Lipinski definition) is 2. The quantitative estimate of drug-likeness (QED) is 0.511. The van der Waals surface area contributed by atoms with Crippen molar-refractivity contribution in [1.82, 2.24) is 9.36 Å². The molecule has 168 valence electrons. The van der Waals surface area contributed by atoms with Crippen LogP contribution in [0.2, 0.25) is 0 Å². The van der Waals surface area contributed by atoms with Gasteiger partial charge in [-0.05, 0) is 49.7 Å². The Bertz CT molecular complexity index is 1310. The molecule has 2 aromatic carbocycles. The zero-order chi connectivity index (χ0) is 23.5. The average molecular weight is 457 g/mol. The summed E-state index contributed by atoms with van der Waals surface area (Å²) < 4.78 is 31.0. The number of carbonyl (C=O) groups excluding carboxylic acids is 2. The van der Waals surface area contributed by atoms with Crippen molar-refractivity contribution in [3.8, 4) is 5.69 Å². The molecule has 3 rings (SSSR count). The molecule has 11 heteroatoms. The van der Waals surface area contributed by atoms with Gasteiger partial charge >= 0.3 is 0 Å². The third-order valence-corrected chi connectivity index (χ3v) is 6.16. The van der Waals surface area contributed by atoms with Crippen molar-refractivity contribution in [3.05, 3.63) is 70.6 Å². The highest BCUT2D eigenvalue weighted by Gasteiger charge is 2.22. The van der Waals surface area contributed by atoms with Gasteiger partial charge in [-0.3, -0.25) is 19.0 Å². The number of amides is 1. The number of carbonyl (C=O) groups is 2. The highest BCUT2D eigenvalue weighted by molar-refractivity contribution is 7.92. The summed E-state index contributed by atoms with van der Waals surface area (Å²) in [6.07, 6.45) is -0.677. The van der Waals surface area contributed by atoms with E-state index in [1.807, 2.05) is 6.07 Å².